The fourth-order valence-corrected chi connectivity index (χ4v) is 15.3. The van der Waals surface area contributed by atoms with Gasteiger partial charge >= 0.3 is 0 Å². The van der Waals surface area contributed by atoms with Crippen molar-refractivity contribution in [1.82, 2.24) is 24.1 Å². The van der Waals surface area contributed by atoms with E-state index >= 15 is 0 Å². The molecule has 3 heterocycles. The van der Waals surface area contributed by atoms with E-state index in [1.54, 1.807) is 0 Å². The average Bonchev–Trinajstić information content (AvgIpc) is 2.85. The van der Waals surface area contributed by atoms with Gasteiger partial charge in [0.05, 0.1) is 29.1 Å². The van der Waals surface area contributed by atoms with Gasteiger partial charge in [-0.15, -0.1) is 6.58 Å². The molecule has 0 aliphatic heterocycles. The third-order valence-corrected chi connectivity index (χ3v) is 20.8. The Bertz CT molecular complexity index is 4940. The van der Waals surface area contributed by atoms with E-state index in [9.17, 15) is 5.26 Å². The van der Waals surface area contributed by atoms with Gasteiger partial charge in [0.2, 0.25) is 0 Å². The number of fused-ring (bicyclic) bond motifs is 6. The predicted molar refractivity (Wildman–Crippen MR) is 383 cm³/mol. The van der Waals surface area contributed by atoms with Crippen LogP contribution in [0.25, 0.3) is 117 Å². The summed E-state index contributed by atoms with van der Waals surface area (Å²) < 4.78 is 4.99. The Kier molecular flexibility index (Phi) is 15.3. The maximum atomic E-state index is 10.0. The molecular formula is C86H76N6. The number of hydrogen-bond donors (Lipinski definition) is 0. The Morgan fingerprint density at radius 3 is 1.54 bits per heavy atom. The van der Waals surface area contributed by atoms with Gasteiger partial charge < -0.3 is 9.13 Å². The van der Waals surface area contributed by atoms with E-state index in [1.807, 2.05) is 6.07 Å². The Balaban J connectivity index is 0.768. The molecule has 10 aromatic carbocycles. The molecule has 0 amide bonds. The van der Waals surface area contributed by atoms with Gasteiger partial charge in [-0.2, -0.15) is 5.26 Å². The van der Waals surface area contributed by atoms with Gasteiger partial charge in [0, 0.05) is 55.0 Å². The summed E-state index contributed by atoms with van der Waals surface area (Å²) in [6.45, 7) is 17.7. The molecule has 1 unspecified atom stereocenters. The highest BCUT2D eigenvalue weighted by atomic mass is 15.0. The van der Waals surface area contributed by atoms with Crippen LogP contribution in [-0.4, -0.2) is 24.1 Å². The number of rotatable bonds is 13. The van der Waals surface area contributed by atoms with Crippen molar-refractivity contribution in [2.75, 3.05) is 0 Å². The number of allylic oxidation sites excluding steroid dienone is 3. The minimum Gasteiger partial charge on any atom is -0.330 e. The molecule has 3 aromatic heterocycles. The molecule has 0 N–H and O–H groups in total. The second kappa shape index (κ2) is 24.2. The Labute approximate surface area is 541 Å². The number of benzene rings is 10. The van der Waals surface area contributed by atoms with Crippen LogP contribution in [0.3, 0.4) is 0 Å². The Morgan fingerprint density at radius 1 is 0.500 bits per heavy atom. The second-order valence-corrected chi connectivity index (χ2v) is 26.3. The van der Waals surface area contributed by atoms with Crippen LogP contribution in [0.4, 0.5) is 0 Å². The van der Waals surface area contributed by atoms with Crippen molar-refractivity contribution >= 4 is 43.6 Å². The molecule has 450 valence electrons. The van der Waals surface area contributed by atoms with E-state index in [-0.39, 0.29) is 23.8 Å². The van der Waals surface area contributed by atoms with Crippen LogP contribution in [0.15, 0.2) is 243 Å². The number of nitriles is 1. The summed E-state index contributed by atoms with van der Waals surface area (Å²) >= 11 is 0. The molecular weight excluding hydrogens is 1120 g/mol. The van der Waals surface area contributed by atoms with Crippen LogP contribution in [0.1, 0.15) is 104 Å². The van der Waals surface area contributed by atoms with E-state index in [1.165, 1.54) is 116 Å². The summed E-state index contributed by atoms with van der Waals surface area (Å²) in [5.74, 6) is 3.32. The molecule has 92 heavy (non-hydrogen) atoms. The summed E-state index contributed by atoms with van der Waals surface area (Å²) in [6, 6.07) is 83.5. The minimum absolute atomic E-state index is 0.0230. The smallest absolute Gasteiger partial charge is 0.164 e. The standard InChI is InChI=1S/C86H76N6/c1-8-58-47-69(40-42-79(58)92-82-45-38-66(60-27-21-54(4)22-28-60)49-76(82)77-50-67(39-46-83(77)92)61-29-23-55(5)24-30-61)85-88-84(64-15-11-10-12-16-64)89-86(90-85)73-18-14-13-17-72(73)63-33-31-62(32-34-63)68-37-44-81-75(51-68)74-48-65(59-25-19-53(3)20-26-59)36-43-80(74)91(81)78(9-2)71-41-35-70(52-87)56(6)57(71)7/h9-30,36-51,56-57,62-63,70,78H,2,8,31-35H2,1,3-7H3/t56-,57+,62?,63?,70+,78?/m0/s1. The van der Waals surface area contributed by atoms with Gasteiger partial charge in [-0.1, -0.05) is 201 Å². The van der Waals surface area contributed by atoms with Crippen LogP contribution in [0, 0.1) is 49.9 Å². The number of hydrogen-bond acceptors (Lipinski definition) is 4. The minimum atomic E-state index is -0.0335. The summed E-state index contributed by atoms with van der Waals surface area (Å²) in [6.07, 6.45) is 10.3. The monoisotopic (exact) mass is 1190 g/mol. The highest BCUT2D eigenvalue weighted by molar-refractivity contribution is 6.12. The number of nitrogens with zero attached hydrogens (tertiary/aromatic N) is 6. The van der Waals surface area contributed by atoms with Crippen molar-refractivity contribution in [3.63, 3.8) is 0 Å². The van der Waals surface area contributed by atoms with Crippen LogP contribution in [0.5, 0.6) is 0 Å². The van der Waals surface area contributed by atoms with Crippen LogP contribution < -0.4 is 0 Å². The summed E-state index contributed by atoms with van der Waals surface area (Å²) in [5, 5.41) is 15.0. The molecule has 4 atom stereocenters. The van der Waals surface area contributed by atoms with Crippen molar-refractivity contribution in [3.05, 3.63) is 276 Å². The lowest BCUT2D eigenvalue weighted by atomic mass is 9.72. The molecule has 0 bridgehead atoms. The van der Waals surface area contributed by atoms with Crippen LogP contribution in [0.2, 0.25) is 0 Å². The molecule has 2 aliphatic rings. The van der Waals surface area contributed by atoms with Crippen molar-refractivity contribution < 1.29 is 0 Å². The van der Waals surface area contributed by atoms with E-state index in [0.29, 0.717) is 29.3 Å². The fourth-order valence-electron chi connectivity index (χ4n) is 15.3. The molecule has 0 spiro atoms. The van der Waals surface area contributed by atoms with Gasteiger partial charge in [-0.25, -0.2) is 15.0 Å². The van der Waals surface area contributed by atoms with Gasteiger partial charge in [0.15, 0.2) is 17.5 Å². The predicted octanol–water partition coefficient (Wildman–Crippen LogP) is 22.5. The van der Waals surface area contributed by atoms with E-state index < -0.39 is 0 Å². The van der Waals surface area contributed by atoms with Crippen LogP contribution >= 0.6 is 0 Å². The lowest BCUT2D eigenvalue weighted by Crippen LogP contribution is -2.27. The first-order valence-electron chi connectivity index (χ1n) is 33.1. The summed E-state index contributed by atoms with van der Waals surface area (Å²) in [7, 11) is 0. The first-order valence-corrected chi connectivity index (χ1v) is 33.1. The zero-order valence-electron chi connectivity index (χ0n) is 53.5. The molecule has 0 radical (unpaired) electrons. The zero-order valence-corrected chi connectivity index (χ0v) is 53.5. The number of aryl methyl sites for hydroxylation is 4. The van der Waals surface area contributed by atoms with Gasteiger partial charge in [0.1, 0.15) is 0 Å². The lowest BCUT2D eigenvalue weighted by Gasteiger charge is -2.35. The van der Waals surface area contributed by atoms with Crippen molar-refractivity contribution in [2.45, 2.75) is 97.9 Å². The molecule has 15 rings (SSSR count). The third kappa shape index (κ3) is 10.5. The topological polar surface area (TPSA) is 72.3 Å². The summed E-state index contributed by atoms with van der Waals surface area (Å²) in [4.78, 5) is 16.1. The maximum Gasteiger partial charge on any atom is 0.164 e. The van der Waals surface area contributed by atoms with Gasteiger partial charge in [-0.3, -0.25) is 0 Å². The van der Waals surface area contributed by atoms with Crippen molar-refractivity contribution in [3.8, 4) is 79.3 Å². The van der Waals surface area contributed by atoms with E-state index in [0.717, 1.165) is 60.9 Å². The molecule has 13 aromatic rings. The van der Waals surface area contributed by atoms with E-state index in [4.69, 9.17) is 15.0 Å². The largest absolute Gasteiger partial charge is 0.330 e. The Hall–Kier alpha value is -10.2. The molecule has 1 fully saturated rings. The molecule has 2 aliphatic carbocycles. The number of aromatic nitrogens is 5. The molecule has 6 heteroatoms. The normalized spacial score (nSPS) is 17.9. The zero-order chi connectivity index (χ0) is 62.7. The maximum absolute atomic E-state index is 10.0. The van der Waals surface area contributed by atoms with Gasteiger partial charge in [0.25, 0.3) is 0 Å². The molecule has 6 nitrogen and oxygen atoms in total. The first kappa shape index (κ1) is 58.2. The average molecular weight is 1190 g/mol. The fraction of sp³-hybridized carbons (Fsp3) is 0.209. The molecule has 0 saturated heterocycles. The first-order chi connectivity index (χ1) is 45.0. The highest BCUT2D eigenvalue weighted by Crippen LogP contribution is 2.48. The SMILES string of the molecule is C=CC(C1=CC[C@H](C#N)[C@@H](C)[C@H]1C)n1c2ccc(-c3ccc(C)cc3)cc2c2cc(C3CCC(c4ccccc4-c4nc(-c5ccccc5)nc(-c5ccc(-n6c7ccc(-c8ccc(C)cc8)cc7c7cc(-c8ccc(C)cc8)ccc76)c(CC)c5)n4)CC3)ccc21. The van der Waals surface area contributed by atoms with Crippen LogP contribution in [-0.2, 0) is 6.42 Å². The quantitative estimate of drug-likeness (QED) is 0.108. The van der Waals surface area contributed by atoms with E-state index in [2.05, 4.69) is 288 Å². The highest BCUT2D eigenvalue weighted by Gasteiger charge is 2.34. The lowest BCUT2D eigenvalue weighted by molar-refractivity contribution is 0.312. The third-order valence-electron chi connectivity index (χ3n) is 20.8. The van der Waals surface area contributed by atoms with Gasteiger partial charge in [-0.05, 0) is 205 Å². The second-order valence-electron chi connectivity index (χ2n) is 26.3. The van der Waals surface area contributed by atoms with Crippen molar-refractivity contribution in [1.29, 1.82) is 5.26 Å². The molecule has 1 saturated carbocycles. The summed E-state index contributed by atoms with van der Waals surface area (Å²) in [5.41, 5.74) is 25.2. The van der Waals surface area contributed by atoms with Crippen molar-refractivity contribution in [2.24, 2.45) is 17.8 Å². The Morgan fingerprint density at radius 2 is 0.978 bits per heavy atom.